The Hall–Kier alpha value is -3.38. The third-order valence-corrected chi connectivity index (χ3v) is 4.70. The van der Waals surface area contributed by atoms with Crippen molar-refractivity contribution in [3.8, 4) is 0 Å². The van der Waals surface area contributed by atoms with Crippen molar-refractivity contribution < 1.29 is 9.59 Å². The second kappa shape index (κ2) is 7.70. The maximum Gasteiger partial charge on any atom is 0.323 e. The number of nitrogens with one attached hydrogen (secondary N) is 2. The Labute approximate surface area is 167 Å². The van der Waals surface area contributed by atoms with Gasteiger partial charge in [-0.3, -0.25) is 9.78 Å². The third-order valence-electron chi connectivity index (χ3n) is 4.47. The van der Waals surface area contributed by atoms with Crippen molar-refractivity contribution in [1.82, 2.24) is 4.98 Å². The summed E-state index contributed by atoms with van der Waals surface area (Å²) >= 11 is 5.93. The third kappa shape index (κ3) is 3.82. The number of carbonyl (C=O) groups excluding carboxylic acids is 2. The molecule has 2 aromatic carbocycles. The van der Waals surface area contributed by atoms with Gasteiger partial charge in [0.25, 0.3) is 5.91 Å². The van der Waals surface area contributed by atoms with Gasteiger partial charge in [0.2, 0.25) is 0 Å². The standard InChI is InChI=1S/C21H17ClN4O2/c22-16-4-1-5-17(12-16)24-21(28)25-18-6-7-19-14(11-18)8-10-26(19)20(27)15-3-2-9-23-13-15/h1-7,9,11-13H,8,10H2,(H2,24,25,28). The van der Waals surface area contributed by atoms with E-state index in [-0.39, 0.29) is 11.9 Å². The Bertz CT molecular complexity index is 1040. The SMILES string of the molecule is O=C(Nc1cccc(Cl)c1)Nc1ccc2c(c1)CCN2C(=O)c1cccnc1. The number of urea groups is 1. The summed E-state index contributed by atoms with van der Waals surface area (Å²) in [6.45, 7) is 0.598. The second-order valence-electron chi connectivity index (χ2n) is 6.38. The van der Waals surface area contributed by atoms with Gasteiger partial charge in [-0.05, 0) is 60.5 Å². The predicted molar refractivity (Wildman–Crippen MR) is 110 cm³/mol. The van der Waals surface area contributed by atoms with Crippen LogP contribution in [-0.4, -0.2) is 23.5 Å². The number of anilines is 3. The van der Waals surface area contributed by atoms with Gasteiger partial charge >= 0.3 is 6.03 Å². The van der Waals surface area contributed by atoms with Crippen molar-refractivity contribution in [3.63, 3.8) is 0 Å². The van der Waals surface area contributed by atoms with E-state index in [1.54, 1.807) is 59.8 Å². The van der Waals surface area contributed by atoms with Crippen LogP contribution >= 0.6 is 11.6 Å². The Balaban J connectivity index is 1.46. The molecule has 0 fully saturated rings. The van der Waals surface area contributed by atoms with Crippen LogP contribution in [0.5, 0.6) is 0 Å². The van der Waals surface area contributed by atoms with Gasteiger partial charge in [-0.1, -0.05) is 17.7 Å². The summed E-state index contributed by atoms with van der Waals surface area (Å²) in [4.78, 5) is 30.7. The normalized spacial score (nSPS) is 12.4. The fourth-order valence-corrected chi connectivity index (χ4v) is 3.39. The highest BCUT2D eigenvalue weighted by Gasteiger charge is 2.26. The summed E-state index contributed by atoms with van der Waals surface area (Å²) in [6.07, 6.45) is 3.93. The van der Waals surface area contributed by atoms with Crippen molar-refractivity contribution in [2.45, 2.75) is 6.42 Å². The van der Waals surface area contributed by atoms with E-state index in [1.807, 2.05) is 12.1 Å². The van der Waals surface area contributed by atoms with Crippen LogP contribution in [0.2, 0.25) is 5.02 Å². The van der Waals surface area contributed by atoms with Gasteiger partial charge in [-0.25, -0.2) is 4.79 Å². The molecule has 1 aromatic heterocycles. The zero-order valence-corrected chi connectivity index (χ0v) is 15.6. The number of fused-ring (bicyclic) bond motifs is 1. The topological polar surface area (TPSA) is 74.3 Å². The molecule has 3 aromatic rings. The minimum absolute atomic E-state index is 0.0775. The van der Waals surface area contributed by atoms with Crippen LogP contribution in [0.3, 0.4) is 0 Å². The van der Waals surface area contributed by atoms with Crippen LogP contribution in [0, 0.1) is 0 Å². The quantitative estimate of drug-likeness (QED) is 0.685. The van der Waals surface area contributed by atoms with E-state index < -0.39 is 0 Å². The highest BCUT2D eigenvalue weighted by atomic mass is 35.5. The Morgan fingerprint density at radius 2 is 1.82 bits per heavy atom. The van der Waals surface area contributed by atoms with Crippen molar-refractivity contribution in [2.24, 2.45) is 0 Å². The van der Waals surface area contributed by atoms with E-state index in [4.69, 9.17) is 11.6 Å². The molecular formula is C21H17ClN4O2. The second-order valence-corrected chi connectivity index (χ2v) is 6.82. The Morgan fingerprint density at radius 1 is 1.00 bits per heavy atom. The van der Waals surface area contributed by atoms with Gasteiger partial charge in [-0.15, -0.1) is 0 Å². The smallest absolute Gasteiger partial charge is 0.308 e. The average Bonchev–Trinajstić information content (AvgIpc) is 3.11. The lowest BCUT2D eigenvalue weighted by Crippen LogP contribution is -2.28. The van der Waals surface area contributed by atoms with Crippen molar-refractivity contribution in [1.29, 1.82) is 0 Å². The number of hydrogen-bond acceptors (Lipinski definition) is 3. The molecule has 0 radical (unpaired) electrons. The largest absolute Gasteiger partial charge is 0.323 e. The molecule has 6 nitrogen and oxygen atoms in total. The number of nitrogens with zero attached hydrogens (tertiary/aromatic N) is 2. The zero-order valence-electron chi connectivity index (χ0n) is 14.9. The molecule has 0 aliphatic carbocycles. The number of hydrogen-bond donors (Lipinski definition) is 2. The van der Waals surface area contributed by atoms with Crippen LogP contribution < -0.4 is 15.5 Å². The first-order valence-electron chi connectivity index (χ1n) is 8.78. The lowest BCUT2D eigenvalue weighted by Gasteiger charge is -2.17. The molecule has 2 N–H and O–H groups in total. The van der Waals surface area contributed by atoms with E-state index in [1.165, 1.54) is 0 Å². The van der Waals surface area contributed by atoms with Crippen molar-refractivity contribution >= 4 is 40.6 Å². The van der Waals surface area contributed by atoms with Crippen LogP contribution in [0.15, 0.2) is 67.0 Å². The van der Waals surface area contributed by atoms with Crippen molar-refractivity contribution in [3.05, 3.63) is 83.1 Å². The highest BCUT2D eigenvalue weighted by molar-refractivity contribution is 6.30. The number of benzene rings is 2. The maximum absolute atomic E-state index is 12.7. The van der Waals surface area contributed by atoms with Gasteiger partial charge in [0, 0.05) is 41.0 Å². The fraction of sp³-hybridized carbons (Fsp3) is 0.0952. The molecule has 4 rings (SSSR count). The highest BCUT2D eigenvalue weighted by Crippen LogP contribution is 2.31. The van der Waals surface area contributed by atoms with Gasteiger partial charge < -0.3 is 15.5 Å². The minimum Gasteiger partial charge on any atom is -0.308 e. The molecule has 7 heteroatoms. The summed E-state index contributed by atoms with van der Waals surface area (Å²) in [7, 11) is 0. The molecule has 28 heavy (non-hydrogen) atoms. The molecule has 0 saturated heterocycles. The molecule has 0 bridgehead atoms. The van der Waals surface area contributed by atoms with Crippen LogP contribution in [0.4, 0.5) is 21.9 Å². The maximum atomic E-state index is 12.7. The van der Waals surface area contributed by atoms with Gasteiger partial charge in [-0.2, -0.15) is 0 Å². The number of rotatable bonds is 3. The molecule has 140 valence electrons. The number of halogens is 1. The first kappa shape index (κ1) is 18.0. The van der Waals surface area contributed by atoms with Gasteiger partial charge in [0.15, 0.2) is 0 Å². The van der Waals surface area contributed by atoms with E-state index in [9.17, 15) is 9.59 Å². The van der Waals surface area contributed by atoms with Gasteiger partial charge in [0.1, 0.15) is 0 Å². The molecular weight excluding hydrogens is 376 g/mol. The first-order chi connectivity index (χ1) is 13.6. The summed E-state index contributed by atoms with van der Waals surface area (Å²) in [5.74, 6) is -0.0775. The van der Waals surface area contributed by atoms with E-state index in [2.05, 4.69) is 15.6 Å². The molecule has 0 unspecified atom stereocenters. The minimum atomic E-state index is -0.358. The molecule has 1 aliphatic rings. The molecule has 0 atom stereocenters. The van der Waals surface area contributed by atoms with Crippen molar-refractivity contribution in [2.75, 3.05) is 22.1 Å². The van der Waals surface area contributed by atoms with E-state index in [0.29, 0.717) is 28.5 Å². The lowest BCUT2D eigenvalue weighted by molar-refractivity contribution is 0.0989. The Morgan fingerprint density at radius 3 is 2.57 bits per heavy atom. The monoisotopic (exact) mass is 392 g/mol. The summed E-state index contributed by atoms with van der Waals surface area (Å²) in [6, 6.07) is 15.6. The molecule has 0 saturated carbocycles. The molecule has 1 aliphatic heterocycles. The summed E-state index contributed by atoms with van der Waals surface area (Å²) in [5.41, 5.74) is 3.69. The molecule has 2 heterocycles. The zero-order chi connectivity index (χ0) is 19.5. The Kier molecular flexibility index (Phi) is 4.95. The number of pyridine rings is 1. The molecule has 3 amide bonds. The van der Waals surface area contributed by atoms with E-state index in [0.717, 1.165) is 17.7 Å². The fourth-order valence-electron chi connectivity index (χ4n) is 3.20. The summed E-state index contributed by atoms with van der Waals surface area (Å²) < 4.78 is 0. The predicted octanol–water partition coefficient (Wildman–Crippen LogP) is 4.58. The number of amides is 3. The van der Waals surface area contributed by atoms with Crippen LogP contribution in [0.1, 0.15) is 15.9 Å². The molecule has 0 spiro atoms. The average molecular weight is 393 g/mol. The lowest BCUT2D eigenvalue weighted by atomic mass is 10.1. The number of aromatic nitrogens is 1. The van der Waals surface area contributed by atoms with Crippen LogP contribution in [0.25, 0.3) is 0 Å². The van der Waals surface area contributed by atoms with Crippen LogP contribution in [-0.2, 0) is 6.42 Å². The first-order valence-corrected chi connectivity index (χ1v) is 9.16. The number of carbonyl (C=O) groups is 2. The van der Waals surface area contributed by atoms with E-state index >= 15 is 0 Å². The van der Waals surface area contributed by atoms with Gasteiger partial charge in [0.05, 0.1) is 5.56 Å². The summed E-state index contributed by atoms with van der Waals surface area (Å²) in [5, 5.41) is 6.10.